The van der Waals surface area contributed by atoms with Gasteiger partial charge in [-0.1, -0.05) is 0 Å². The highest BCUT2D eigenvalue weighted by Crippen LogP contribution is 2.37. The Morgan fingerprint density at radius 3 is 2.33 bits per heavy atom. The van der Waals surface area contributed by atoms with Crippen LogP contribution in [-0.2, 0) is 21.0 Å². The zero-order valence-corrected chi connectivity index (χ0v) is 11.3. The number of alkyl halides is 3. The average Bonchev–Trinajstić information content (AvgIpc) is 2.23. The fourth-order valence-electron chi connectivity index (χ4n) is 2.03. The van der Waals surface area contributed by atoms with E-state index in [1.54, 1.807) is 0 Å². The number of anilines is 1. The van der Waals surface area contributed by atoms with E-state index < -0.39 is 38.5 Å². The second-order valence-electron chi connectivity index (χ2n) is 4.66. The van der Waals surface area contributed by atoms with Crippen molar-refractivity contribution >= 4 is 21.7 Å². The van der Waals surface area contributed by atoms with E-state index >= 15 is 0 Å². The van der Waals surface area contributed by atoms with Crippen molar-refractivity contribution in [1.82, 2.24) is 0 Å². The Morgan fingerprint density at radius 1 is 1.33 bits per heavy atom. The van der Waals surface area contributed by atoms with Gasteiger partial charge < -0.3 is 10.0 Å². The molecule has 0 aliphatic carbocycles. The number of primary sulfonamides is 1. The maximum absolute atomic E-state index is 12.9. The van der Waals surface area contributed by atoms with Crippen LogP contribution in [0.4, 0.5) is 18.9 Å². The lowest BCUT2D eigenvalue weighted by Gasteiger charge is -2.38. The van der Waals surface area contributed by atoms with Crippen molar-refractivity contribution in [3.63, 3.8) is 0 Å². The van der Waals surface area contributed by atoms with Crippen molar-refractivity contribution in [2.24, 2.45) is 11.1 Å². The molecular formula is C11H11F3N2O4S. The van der Waals surface area contributed by atoms with Gasteiger partial charge in [0.15, 0.2) is 0 Å². The van der Waals surface area contributed by atoms with E-state index in [-0.39, 0.29) is 18.8 Å². The SMILES string of the molecule is NS(=O)(=O)c1ccc(N2CC(C(=O)O)C2)cc1C(F)(F)F. The van der Waals surface area contributed by atoms with E-state index in [0.717, 1.165) is 6.07 Å². The molecule has 0 radical (unpaired) electrons. The number of hydrogen-bond acceptors (Lipinski definition) is 4. The Kier molecular flexibility index (Phi) is 3.62. The van der Waals surface area contributed by atoms with E-state index in [4.69, 9.17) is 10.2 Å². The van der Waals surface area contributed by atoms with Crippen molar-refractivity contribution < 1.29 is 31.5 Å². The second kappa shape index (κ2) is 4.88. The van der Waals surface area contributed by atoms with Crippen LogP contribution in [0.1, 0.15) is 5.56 Å². The van der Waals surface area contributed by atoms with Crippen LogP contribution < -0.4 is 10.0 Å². The fraction of sp³-hybridized carbons (Fsp3) is 0.364. The molecule has 0 atom stereocenters. The summed E-state index contributed by atoms with van der Waals surface area (Å²) < 4.78 is 61.1. The second-order valence-corrected chi connectivity index (χ2v) is 6.19. The minimum absolute atomic E-state index is 0.0708. The number of carboxylic acid groups (broad SMARTS) is 1. The fourth-order valence-corrected chi connectivity index (χ4v) is 2.77. The van der Waals surface area contributed by atoms with Crippen LogP contribution in [-0.4, -0.2) is 32.6 Å². The van der Waals surface area contributed by atoms with Crippen molar-refractivity contribution in [2.75, 3.05) is 18.0 Å². The van der Waals surface area contributed by atoms with E-state index in [0.29, 0.717) is 6.07 Å². The Morgan fingerprint density at radius 2 is 1.90 bits per heavy atom. The molecule has 1 fully saturated rings. The summed E-state index contributed by atoms with van der Waals surface area (Å²) in [6, 6.07) is 2.62. The topological polar surface area (TPSA) is 101 Å². The van der Waals surface area contributed by atoms with Gasteiger partial charge in [-0.3, -0.25) is 4.79 Å². The van der Waals surface area contributed by atoms with Crippen LogP contribution in [0.25, 0.3) is 0 Å². The minimum atomic E-state index is -4.88. The number of carboxylic acids is 1. The molecule has 0 saturated carbocycles. The summed E-state index contributed by atoms with van der Waals surface area (Å²) in [6.45, 7) is 0.142. The lowest BCUT2D eigenvalue weighted by Crippen LogP contribution is -2.50. The summed E-state index contributed by atoms with van der Waals surface area (Å²) in [5.41, 5.74) is -1.26. The molecule has 1 aliphatic heterocycles. The molecule has 1 aromatic carbocycles. The number of halogens is 3. The predicted molar refractivity (Wildman–Crippen MR) is 66.2 cm³/mol. The molecule has 1 aliphatic rings. The first-order valence-electron chi connectivity index (χ1n) is 5.72. The number of aliphatic carboxylic acids is 1. The molecule has 0 spiro atoms. The van der Waals surface area contributed by atoms with Gasteiger partial charge in [-0.25, -0.2) is 13.6 Å². The largest absolute Gasteiger partial charge is 0.481 e. The van der Waals surface area contributed by atoms with Gasteiger partial charge in [0.2, 0.25) is 10.0 Å². The highest BCUT2D eigenvalue weighted by Gasteiger charge is 2.38. The van der Waals surface area contributed by atoms with Crippen molar-refractivity contribution in [2.45, 2.75) is 11.1 Å². The number of nitrogens with two attached hydrogens (primary N) is 1. The molecule has 21 heavy (non-hydrogen) atoms. The first-order valence-corrected chi connectivity index (χ1v) is 7.26. The summed E-state index contributed by atoms with van der Waals surface area (Å²) in [6.07, 6.45) is -4.88. The molecule has 6 nitrogen and oxygen atoms in total. The highest BCUT2D eigenvalue weighted by atomic mass is 32.2. The van der Waals surface area contributed by atoms with Gasteiger partial charge in [-0.05, 0) is 18.2 Å². The van der Waals surface area contributed by atoms with E-state index in [1.165, 1.54) is 11.0 Å². The summed E-state index contributed by atoms with van der Waals surface area (Å²) >= 11 is 0. The number of benzene rings is 1. The molecule has 1 aromatic rings. The zero-order chi connectivity index (χ0) is 16.0. The van der Waals surface area contributed by atoms with E-state index in [2.05, 4.69) is 0 Å². The van der Waals surface area contributed by atoms with Crippen LogP contribution in [0.2, 0.25) is 0 Å². The highest BCUT2D eigenvalue weighted by molar-refractivity contribution is 7.89. The average molecular weight is 324 g/mol. The molecule has 1 heterocycles. The van der Waals surface area contributed by atoms with Crippen LogP contribution in [0.5, 0.6) is 0 Å². The molecule has 3 N–H and O–H groups in total. The summed E-state index contributed by atoms with van der Waals surface area (Å²) in [5.74, 6) is -1.67. The maximum Gasteiger partial charge on any atom is 0.417 e. The number of hydrogen-bond donors (Lipinski definition) is 2. The van der Waals surface area contributed by atoms with Gasteiger partial charge in [-0.2, -0.15) is 13.2 Å². The van der Waals surface area contributed by atoms with Gasteiger partial charge in [0.05, 0.1) is 16.4 Å². The van der Waals surface area contributed by atoms with Gasteiger partial charge in [-0.15, -0.1) is 0 Å². The smallest absolute Gasteiger partial charge is 0.417 e. The lowest BCUT2D eigenvalue weighted by atomic mass is 9.99. The van der Waals surface area contributed by atoms with Crippen LogP contribution in [0, 0.1) is 5.92 Å². The van der Waals surface area contributed by atoms with Gasteiger partial charge in [0.1, 0.15) is 0 Å². The third-order valence-electron chi connectivity index (χ3n) is 3.17. The predicted octanol–water partition coefficient (Wildman–Crippen LogP) is 0.874. The minimum Gasteiger partial charge on any atom is -0.481 e. The third kappa shape index (κ3) is 3.10. The first-order chi connectivity index (χ1) is 9.50. The maximum atomic E-state index is 12.9. The van der Waals surface area contributed by atoms with Gasteiger partial charge >= 0.3 is 12.1 Å². The number of sulfonamides is 1. The molecule has 10 heteroatoms. The monoisotopic (exact) mass is 324 g/mol. The van der Waals surface area contributed by atoms with Crippen molar-refractivity contribution in [1.29, 1.82) is 0 Å². The Bertz CT molecular complexity index is 681. The molecular weight excluding hydrogens is 313 g/mol. The lowest BCUT2D eigenvalue weighted by molar-refractivity contribution is -0.143. The standard InChI is InChI=1S/C11H11F3N2O4S/c12-11(13,14)8-3-7(1-2-9(8)21(15,19)20)16-4-6(5-16)10(17)18/h1-3,6H,4-5H2,(H,17,18)(H2,15,19,20). The normalized spacial score (nSPS) is 16.7. The third-order valence-corrected chi connectivity index (χ3v) is 4.14. The number of rotatable bonds is 3. The zero-order valence-electron chi connectivity index (χ0n) is 10.5. The van der Waals surface area contributed by atoms with Gasteiger partial charge in [0, 0.05) is 18.8 Å². The van der Waals surface area contributed by atoms with Crippen molar-refractivity contribution in [3.8, 4) is 0 Å². The van der Waals surface area contributed by atoms with E-state index in [9.17, 15) is 26.4 Å². The summed E-state index contributed by atoms with van der Waals surface area (Å²) in [5, 5.41) is 13.5. The first kappa shape index (κ1) is 15.6. The number of nitrogens with zero attached hydrogens (tertiary/aromatic N) is 1. The molecule has 0 unspecified atom stereocenters. The van der Waals surface area contributed by atoms with E-state index in [1.807, 2.05) is 0 Å². The summed E-state index contributed by atoms with van der Waals surface area (Å²) in [4.78, 5) is 11.1. The molecule has 0 bridgehead atoms. The summed E-state index contributed by atoms with van der Waals surface area (Å²) in [7, 11) is -4.50. The van der Waals surface area contributed by atoms with Crippen LogP contribution >= 0.6 is 0 Å². The molecule has 0 aromatic heterocycles. The van der Waals surface area contributed by atoms with Crippen LogP contribution in [0.15, 0.2) is 23.1 Å². The molecule has 0 amide bonds. The van der Waals surface area contributed by atoms with Gasteiger partial charge in [0.25, 0.3) is 0 Å². The number of carbonyl (C=O) groups is 1. The van der Waals surface area contributed by atoms with Crippen molar-refractivity contribution in [3.05, 3.63) is 23.8 Å². The Labute approximate surface area is 118 Å². The van der Waals surface area contributed by atoms with Crippen LogP contribution in [0.3, 0.4) is 0 Å². The molecule has 1 saturated heterocycles. The molecule has 116 valence electrons. The quantitative estimate of drug-likeness (QED) is 0.859. The Hall–Kier alpha value is -1.81. The molecule has 2 rings (SSSR count). The Balaban J connectivity index is 2.38.